The number of hydrogen-bond acceptors (Lipinski definition) is 9. The highest BCUT2D eigenvalue weighted by Crippen LogP contribution is 2.24. The predicted octanol–water partition coefficient (Wildman–Crippen LogP) is 3.74. The van der Waals surface area contributed by atoms with Crippen molar-refractivity contribution in [2.75, 3.05) is 5.75 Å². The largest absolute Gasteiger partial charge is 0.508 e. The van der Waals surface area contributed by atoms with Gasteiger partial charge in [-0.1, -0.05) is 11.8 Å². The van der Waals surface area contributed by atoms with E-state index >= 15 is 0 Å². The summed E-state index contributed by atoms with van der Waals surface area (Å²) in [6.07, 6.45) is 0. The van der Waals surface area contributed by atoms with Gasteiger partial charge in [0.25, 0.3) is 11.1 Å². The molecule has 0 aliphatic heterocycles. The minimum absolute atomic E-state index is 0.0288. The van der Waals surface area contributed by atoms with Gasteiger partial charge in [0.05, 0.1) is 5.75 Å². The number of hydrogen-bond donors (Lipinski definition) is 1. The average molecular weight is 424 g/mol. The number of benzene rings is 2. The molecule has 30 heavy (non-hydrogen) atoms. The summed E-state index contributed by atoms with van der Waals surface area (Å²) in [6, 6.07) is 12.7. The first-order chi connectivity index (χ1) is 14.5. The Hall–Kier alpha value is -3.59. The number of rotatable bonds is 7. The first kappa shape index (κ1) is 19.7. The molecule has 2 heterocycles. The number of thioether (sulfide) groups is 1. The van der Waals surface area contributed by atoms with Crippen molar-refractivity contribution in [1.82, 2.24) is 10.2 Å². The second-order valence-electron chi connectivity index (χ2n) is 6.42. The lowest BCUT2D eigenvalue weighted by atomic mass is 10.1. The number of aromatic hydroxyl groups is 1. The number of fused-ring (bicyclic) bond motifs is 1. The lowest BCUT2D eigenvalue weighted by Crippen LogP contribution is -2.01. The minimum Gasteiger partial charge on any atom is -0.508 e. The number of aromatic nitrogens is 2. The molecule has 0 unspecified atom stereocenters. The molecule has 0 fully saturated rings. The third-order valence-electron chi connectivity index (χ3n) is 4.25. The Labute approximate surface area is 174 Å². The highest BCUT2D eigenvalue weighted by Gasteiger charge is 2.12. The minimum atomic E-state index is -0.419. The summed E-state index contributed by atoms with van der Waals surface area (Å²) >= 11 is 1.12. The molecule has 1 N–H and O–H groups in total. The summed E-state index contributed by atoms with van der Waals surface area (Å²) < 4.78 is 16.3. The highest BCUT2D eigenvalue weighted by atomic mass is 32.2. The van der Waals surface area contributed by atoms with E-state index in [9.17, 15) is 14.7 Å². The van der Waals surface area contributed by atoms with Crippen molar-refractivity contribution in [3.63, 3.8) is 0 Å². The van der Waals surface area contributed by atoms with Crippen LogP contribution in [0.1, 0.15) is 21.8 Å². The first-order valence-electron chi connectivity index (χ1n) is 8.93. The van der Waals surface area contributed by atoms with E-state index in [1.807, 2.05) is 13.0 Å². The fourth-order valence-electron chi connectivity index (χ4n) is 2.75. The Bertz CT molecular complexity index is 1260. The van der Waals surface area contributed by atoms with Gasteiger partial charge in [-0.25, -0.2) is 4.79 Å². The van der Waals surface area contributed by atoms with E-state index < -0.39 is 5.63 Å². The van der Waals surface area contributed by atoms with E-state index in [4.69, 9.17) is 13.6 Å². The van der Waals surface area contributed by atoms with Crippen LogP contribution in [0.5, 0.6) is 11.5 Å². The number of carbonyl (C=O) groups excluding carboxylic acids is 1. The van der Waals surface area contributed by atoms with Crippen LogP contribution < -0.4 is 10.4 Å². The normalized spacial score (nSPS) is 11.0. The van der Waals surface area contributed by atoms with Gasteiger partial charge in [-0.15, -0.1) is 10.2 Å². The molecule has 0 atom stereocenters. The molecule has 0 bridgehead atoms. The third kappa shape index (κ3) is 4.52. The molecule has 9 heteroatoms. The molecule has 4 aromatic rings. The zero-order valence-electron chi connectivity index (χ0n) is 15.8. The third-order valence-corrected chi connectivity index (χ3v) is 5.07. The number of phenols is 1. The molecule has 0 saturated carbocycles. The molecule has 2 aromatic carbocycles. The summed E-state index contributed by atoms with van der Waals surface area (Å²) in [5.41, 5.74) is 1.33. The molecular weight excluding hydrogens is 408 g/mol. The van der Waals surface area contributed by atoms with Crippen LogP contribution in [0.2, 0.25) is 0 Å². The zero-order valence-corrected chi connectivity index (χ0v) is 16.6. The smallest absolute Gasteiger partial charge is 0.336 e. The van der Waals surface area contributed by atoms with Crippen LogP contribution in [0.4, 0.5) is 0 Å². The number of aryl methyl sites for hydroxylation is 1. The molecule has 0 aliphatic rings. The first-order valence-corrected chi connectivity index (χ1v) is 9.91. The predicted molar refractivity (Wildman–Crippen MR) is 109 cm³/mol. The maximum absolute atomic E-state index is 12.2. The quantitative estimate of drug-likeness (QED) is 0.269. The van der Waals surface area contributed by atoms with Gasteiger partial charge in [-0.05, 0) is 48.9 Å². The topological polar surface area (TPSA) is 116 Å². The van der Waals surface area contributed by atoms with Crippen LogP contribution in [-0.4, -0.2) is 26.8 Å². The van der Waals surface area contributed by atoms with Gasteiger partial charge in [0.15, 0.2) is 12.4 Å². The van der Waals surface area contributed by atoms with Gasteiger partial charge >= 0.3 is 5.63 Å². The molecule has 0 aliphatic carbocycles. The fourth-order valence-corrected chi connectivity index (χ4v) is 3.43. The maximum Gasteiger partial charge on any atom is 0.336 e. The van der Waals surface area contributed by atoms with Crippen molar-refractivity contribution >= 4 is 28.5 Å². The molecule has 152 valence electrons. The van der Waals surface area contributed by atoms with Crippen LogP contribution in [0.3, 0.4) is 0 Å². The lowest BCUT2D eigenvalue weighted by Gasteiger charge is -2.05. The van der Waals surface area contributed by atoms with Crippen molar-refractivity contribution < 1.29 is 23.5 Å². The molecular formula is C21H16N2O6S. The Balaban J connectivity index is 1.35. The van der Waals surface area contributed by atoms with Crippen molar-refractivity contribution in [3.05, 3.63) is 76.0 Å². The van der Waals surface area contributed by atoms with Crippen molar-refractivity contribution in [1.29, 1.82) is 0 Å². The number of ether oxygens (including phenoxy) is 1. The molecule has 0 radical (unpaired) electrons. The summed E-state index contributed by atoms with van der Waals surface area (Å²) in [5, 5.41) is 18.2. The van der Waals surface area contributed by atoms with E-state index in [2.05, 4.69) is 10.2 Å². The van der Waals surface area contributed by atoms with E-state index in [1.54, 1.807) is 24.3 Å². The van der Waals surface area contributed by atoms with E-state index in [-0.39, 0.29) is 35.0 Å². The van der Waals surface area contributed by atoms with Gasteiger partial charge in [-0.2, -0.15) is 0 Å². The number of Topliss-reactive ketones (excluding diaryl/α,β-unsaturated/α-hetero) is 1. The molecule has 2 aromatic heterocycles. The van der Waals surface area contributed by atoms with Crippen LogP contribution in [-0.2, 0) is 6.61 Å². The zero-order chi connectivity index (χ0) is 21.1. The van der Waals surface area contributed by atoms with Gasteiger partial charge in [-0.3, -0.25) is 4.79 Å². The van der Waals surface area contributed by atoms with Gasteiger partial charge < -0.3 is 18.7 Å². The van der Waals surface area contributed by atoms with Crippen molar-refractivity contribution in [3.8, 4) is 11.5 Å². The average Bonchev–Trinajstić information content (AvgIpc) is 3.18. The Morgan fingerprint density at radius 1 is 1.10 bits per heavy atom. The molecule has 0 saturated heterocycles. The molecule has 4 rings (SSSR count). The summed E-state index contributed by atoms with van der Waals surface area (Å²) in [5.74, 6) is 0.844. The number of ketones is 1. The van der Waals surface area contributed by atoms with Crippen LogP contribution in [0.15, 0.2) is 67.4 Å². The SMILES string of the molecule is Cc1cc(=O)oc2cc(OCc3nnc(SCC(=O)c4ccc(O)cc4)o3)ccc12. The highest BCUT2D eigenvalue weighted by molar-refractivity contribution is 7.99. The van der Waals surface area contributed by atoms with E-state index in [0.717, 1.165) is 22.7 Å². The van der Waals surface area contributed by atoms with Crippen molar-refractivity contribution in [2.24, 2.45) is 0 Å². The van der Waals surface area contributed by atoms with Crippen LogP contribution in [0.25, 0.3) is 11.0 Å². The Morgan fingerprint density at radius 2 is 1.90 bits per heavy atom. The van der Waals surface area contributed by atoms with Gasteiger partial charge in [0.2, 0.25) is 0 Å². The fraction of sp³-hybridized carbons (Fsp3) is 0.143. The van der Waals surface area contributed by atoms with Crippen LogP contribution >= 0.6 is 11.8 Å². The van der Waals surface area contributed by atoms with Crippen molar-refractivity contribution in [2.45, 2.75) is 18.8 Å². The second kappa shape index (κ2) is 8.42. The molecule has 8 nitrogen and oxygen atoms in total. The standard InChI is InChI=1S/C21H16N2O6S/c1-12-8-20(26)28-18-9-15(6-7-16(12)18)27-10-19-22-23-21(29-19)30-11-17(25)13-2-4-14(24)5-3-13/h2-9,24H,10-11H2,1H3. The number of nitrogens with zero attached hydrogens (tertiary/aromatic N) is 2. The Morgan fingerprint density at radius 3 is 2.70 bits per heavy atom. The van der Waals surface area contributed by atoms with Gasteiger partial charge in [0.1, 0.15) is 17.1 Å². The summed E-state index contributed by atoms with van der Waals surface area (Å²) in [4.78, 5) is 23.7. The lowest BCUT2D eigenvalue weighted by molar-refractivity contribution is 0.102. The number of phenolic OH excluding ortho intramolecular Hbond substituents is 1. The monoisotopic (exact) mass is 424 g/mol. The van der Waals surface area contributed by atoms with Crippen LogP contribution in [0, 0.1) is 6.92 Å². The maximum atomic E-state index is 12.2. The second-order valence-corrected chi connectivity index (χ2v) is 7.34. The van der Waals surface area contributed by atoms with E-state index in [0.29, 0.717) is 16.9 Å². The Kier molecular flexibility index (Phi) is 5.53. The summed E-state index contributed by atoms with van der Waals surface area (Å²) in [6.45, 7) is 1.87. The molecule has 0 spiro atoms. The summed E-state index contributed by atoms with van der Waals surface area (Å²) in [7, 11) is 0. The molecule has 0 amide bonds. The van der Waals surface area contributed by atoms with Gasteiger partial charge in [0, 0.05) is 23.1 Å². The van der Waals surface area contributed by atoms with E-state index in [1.165, 1.54) is 18.2 Å². The number of carbonyl (C=O) groups is 1.